The van der Waals surface area contributed by atoms with E-state index in [2.05, 4.69) is 28.4 Å². The van der Waals surface area contributed by atoms with E-state index in [0.29, 0.717) is 6.54 Å². The first-order valence-electron chi connectivity index (χ1n) is 10.6. The Morgan fingerprint density at radius 2 is 1.87 bits per heavy atom. The molecule has 1 N–H and O–H groups in total. The number of likely N-dealkylation sites (tertiary alicyclic amines) is 1. The van der Waals surface area contributed by atoms with Crippen molar-refractivity contribution in [3.8, 4) is 5.75 Å². The number of benzene rings is 2. The van der Waals surface area contributed by atoms with E-state index in [1.807, 2.05) is 31.2 Å². The number of nitrogens with zero attached hydrogens (tertiary/aromatic N) is 2. The Morgan fingerprint density at radius 3 is 2.57 bits per heavy atom. The number of hydrogen-bond acceptors (Lipinski definition) is 4. The smallest absolute Gasteiger partial charge is 0.229 e. The third kappa shape index (κ3) is 4.49. The molecule has 0 radical (unpaired) electrons. The molecule has 0 aliphatic carbocycles. The van der Waals surface area contributed by atoms with Gasteiger partial charge in [-0.1, -0.05) is 12.1 Å². The predicted octanol–water partition coefficient (Wildman–Crippen LogP) is 3.59. The summed E-state index contributed by atoms with van der Waals surface area (Å²) in [5, 5.41) is 3.07. The zero-order valence-corrected chi connectivity index (χ0v) is 17.7. The standard InChI is InChI=1S/C24H29N3O3/c1-17-5-6-18(15-26-11-3-4-12-26)13-22(17)25-24(29)19-14-23(28)27(16-19)20-7-9-21(30-2)10-8-20/h5-10,13,19H,3-4,11-12,14-16H2,1-2H3,(H,25,29)/t19-/m1/s1. The molecule has 2 heterocycles. The van der Waals surface area contributed by atoms with Crippen LogP contribution in [0.25, 0.3) is 0 Å². The second-order valence-electron chi connectivity index (χ2n) is 8.23. The molecular formula is C24H29N3O3. The van der Waals surface area contributed by atoms with Gasteiger partial charge in [0.15, 0.2) is 0 Å². The quantitative estimate of drug-likeness (QED) is 0.795. The molecular weight excluding hydrogens is 378 g/mol. The van der Waals surface area contributed by atoms with Crippen LogP contribution in [0.15, 0.2) is 42.5 Å². The monoisotopic (exact) mass is 407 g/mol. The molecule has 0 bridgehead atoms. The van der Waals surface area contributed by atoms with Gasteiger partial charge in [-0.25, -0.2) is 0 Å². The summed E-state index contributed by atoms with van der Waals surface area (Å²) in [6, 6.07) is 13.6. The highest BCUT2D eigenvalue weighted by atomic mass is 16.5. The van der Waals surface area contributed by atoms with E-state index in [1.54, 1.807) is 12.0 Å². The van der Waals surface area contributed by atoms with Gasteiger partial charge in [-0.3, -0.25) is 14.5 Å². The lowest BCUT2D eigenvalue weighted by atomic mass is 10.1. The van der Waals surface area contributed by atoms with E-state index in [-0.39, 0.29) is 24.2 Å². The summed E-state index contributed by atoms with van der Waals surface area (Å²) in [5.74, 6) is 0.255. The lowest BCUT2D eigenvalue weighted by molar-refractivity contribution is -0.122. The molecule has 2 aromatic rings. The maximum Gasteiger partial charge on any atom is 0.229 e. The fourth-order valence-corrected chi connectivity index (χ4v) is 4.23. The van der Waals surface area contributed by atoms with E-state index in [1.165, 1.54) is 18.4 Å². The zero-order valence-electron chi connectivity index (χ0n) is 17.7. The van der Waals surface area contributed by atoms with Gasteiger partial charge >= 0.3 is 0 Å². The topological polar surface area (TPSA) is 61.9 Å². The Labute approximate surface area is 177 Å². The molecule has 6 heteroatoms. The van der Waals surface area contributed by atoms with Crippen molar-refractivity contribution in [2.24, 2.45) is 5.92 Å². The molecule has 0 unspecified atom stereocenters. The highest BCUT2D eigenvalue weighted by Crippen LogP contribution is 2.28. The van der Waals surface area contributed by atoms with Crippen molar-refractivity contribution in [2.75, 3.05) is 37.0 Å². The van der Waals surface area contributed by atoms with Crippen LogP contribution in [0, 0.1) is 12.8 Å². The molecule has 2 aromatic carbocycles. The average Bonchev–Trinajstić information content (AvgIpc) is 3.40. The number of carbonyl (C=O) groups is 2. The Bertz CT molecular complexity index is 920. The van der Waals surface area contributed by atoms with Gasteiger partial charge < -0.3 is 15.0 Å². The van der Waals surface area contributed by atoms with Gasteiger partial charge in [-0.2, -0.15) is 0 Å². The van der Waals surface area contributed by atoms with Gasteiger partial charge in [0.2, 0.25) is 11.8 Å². The van der Waals surface area contributed by atoms with Crippen LogP contribution >= 0.6 is 0 Å². The number of nitrogens with one attached hydrogen (secondary N) is 1. The highest BCUT2D eigenvalue weighted by Gasteiger charge is 2.35. The molecule has 30 heavy (non-hydrogen) atoms. The van der Waals surface area contributed by atoms with Crippen molar-refractivity contribution in [1.82, 2.24) is 4.90 Å². The van der Waals surface area contributed by atoms with Crippen molar-refractivity contribution in [3.63, 3.8) is 0 Å². The van der Waals surface area contributed by atoms with E-state index < -0.39 is 0 Å². The van der Waals surface area contributed by atoms with Crippen LogP contribution in [0.1, 0.15) is 30.4 Å². The number of rotatable bonds is 6. The van der Waals surface area contributed by atoms with E-state index in [9.17, 15) is 9.59 Å². The summed E-state index contributed by atoms with van der Waals surface area (Å²) in [4.78, 5) is 29.6. The summed E-state index contributed by atoms with van der Waals surface area (Å²) in [5.41, 5.74) is 3.87. The molecule has 2 saturated heterocycles. The molecule has 158 valence electrons. The molecule has 2 fully saturated rings. The second kappa shape index (κ2) is 8.88. The number of anilines is 2. The first-order valence-corrected chi connectivity index (χ1v) is 10.6. The van der Waals surface area contributed by atoms with Crippen molar-refractivity contribution in [3.05, 3.63) is 53.6 Å². The normalized spacial score (nSPS) is 19.3. The van der Waals surface area contributed by atoms with E-state index >= 15 is 0 Å². The van der Waals surface area contributed by atoms with Gasteiger partial charge in [0.05, 0.1) is 13.0 Å². The third-order valence-electron chi connectivity index (χ3n) is 6.04. The van der Waals surface area contributed by atoms with Crippen LogP contribution in [0.3, 0.4) is 0 Å². The SMILES string of the molecule is COc1ccc(N2C[C@H](C(=O)Nc3cc(CN4CCCC4)ccc3C)CC2=O)cc1. The summed E-state index contributed by atoms with van der Waals surface area (Å²) >= 11 is 0. The third-order valence-corrected chi connectivity index (χ3v) is 6.04. The van der Waals surface area contributed by atoms with E-state index in [4.69, 9.17) is 4.74 Å². The maximum absolute atomic E-state index is 12.9. The lowest BCUT2D eigenvalue weighted by Crippen LogP contribution is -2.28. The minimum absolute atomic E-state index is 0.0279. The summed E-state index contributed by atoms with van der Waals surface area (Å²) in [7, 11) is 1.61. The fraction of sp³-hybridized carbons (Fsp3) is 0.417. The largest absolute Gasteiger partial charge is 0.497 e. The van der Waals surface area contributed by atoms with Crippen molar-refractivity contribution < 1.29 is 14.3 Å². The van der Waals surface area contributed by atoms with E-state index in [0.717, 1.165) is 42.3 Å². The molecule has 0 aromatic heterocycles. The first-order chi connectivity index (χ1) is 14.5. The highest BCUT2D eigenvalue weighted by molar-refractivity contribution is 6.03. The van der Waals surface area contributed by atoms with Gasteiger partial charge in [-0.15, -0.1) is 0 Å². The summed E-state index contributed by atoms with van der Waals surface area (Å²) in [6.45, 7) is 5.58. The molecule has 0 spiro atoms. The van der Waals surface area contributed by atoms with Crippen LogP contribution in [0.5, 0.6) is 5.75 Å². The van der Waals surface area contributed by atoms with Gasteiger partial charge in [0.1, 0.15) is 5.75 Å². The Hall–Kier alpha value is -2.86. The van der Waals surface area contributed by atoms with Gasteiger partial charge in [0.25, 0.3) is 0 Å². The maximum atomic E-state index is 12.9. The van der Waals surface area contributed by atoms with Crippen molar-refractivity contribution in [2.45, 2.75) is 32.7 Å². The number of ether oxygens (including phenoxy) is 1. The van der Waals surface area contributed by atoms with Crippen LogP contribution in [-0.4, -0.2) is 43.5 Å². The first kappa shape index (κ1) is 20.4. The number of methoxy groups -OCH3 is 1. The molecule has 2 aliphatic rings. The number of carbonyl (C=O) groups excluding carboxylic acids is 2. The number of aryl methyl sites for hydroxylation is 1. The Kier molecular flexibility index (Phi) is 6.04. The molecule has 0 saturated carbocycles. The lowest BCUT2D eigenvalue weighted by Gasteiger charge is -2.18. The van der Waals surface area contributed by atoms with Crippen LogP contribution in [-0.2, 0) is 16.1 Å². The van der Waals surface area contributed by atoms with Gasteiger partial charge in [0, 0.05) is 30.9 Å². The minimum Gasteiger partial charge on any atom is -0.497 e. The fourth-order valence-electron chi connectivity index (χ4n) is 4.23. The predicted molar refractivity (Wildman–Crippen MR) is 118 cm³/mol. The van der Waals surface area contributed by atoms with Crippen LogP contribution in [0.2, 0.25) is 0 Å². The summed E-state index contributed by atoms with van der Waals surface area (Å²) < 4.78 is 5.18. The number of amides is 2. The van der Waals surface area contributed by atoms with Gasteiger partial charge in [-0.05, 0) is 74.3 Å². The van der Waals surface area contributed by atoms with Crippen LogP contribution in [0.4, 0.5) is 11.4 Å². The molecule has 2 aliphatic heterocycles. The molecule has 6 nitrogen and oxygen atoms in total. The zero-order chi connectivity index (χ0) is 21.1. The number of hydrogen-bond donors (Lipinski definition) is 1. The summed E-state index contributed by atoms with van der Waals surface area (Å²) in [6.07, 6.45) is 2.75. The Morgan fingerprint density at radius 1 is 1.13 bits per heavy atom. The minimum atomic E-state index is -0.360. The van der Waals surface area contributed by atoms with Crippen molar-refractivity contribution in [1.29, 1.82) is 0 Å². The molecule has 2 amide bonds. The average molecular weight is 408 g/mol. The second-order valence-corrected chi connectivity index (χ2v) is 8.23. The van der Waals surface area contributed by atoms with Crippen molar-refractivity contribution >= 4 is 23.2 Å². The molecule has 1 atom stereocenters. The molecule has 4 rings (SSSR count). The van der Waals surface area contributed by atoms with Crippen LogP contribution < -0.4 is 15.0 Å². The Balaban J connectivity index is 1.41.